The van der Waals surface area contributed by atoms with Crippen LogP contribution in [0, 0.1) is 0 Å². The molecule has 0 aliphatic carbocycles. The Kier molecular flexibility index (Phi) is 4.75. The lowest BCUT2D eigenvalue weighted by Crippen LogP contribution is -2.55. The molecule has 150 valence electrons. The third-order valence-corrected chi connectivity index (χ3v) is 7.38. The topological polar surface area (TPSA) is 46.6 Å². The first-order chi connectivity index (χ1) is 13.2. The van der Waals surface area contributed by atoms with E-state index in [1.807, 2.05) is 0 Å². The van der Waals surface area contributed by atoms with Gasteiger partial charge in [0.25, 0.3) is 0 Å². The standard InChI is InChI=1S/C19H17BrF3NO3S/c20-14-7-8-16-15(11-14)18(9-4-10-27-18)17(19(21,22)23)24(16)28(25,26)12-13-5-2-1-3-6-13/h1-3,5-8,11,17H,4,9-10,12H2. The first-order valence-electron chi connectivity index (χ1n) is 8.72. The van der Waals surface area contributed by atoms with Gasteiger partial charge in [0.2, 0.25) is 10.0 Å². The van der Waals surface area contributed by atoms with Gasteiger partial charge in [0.05, 0.1) is 11.4 Å². The highest BCUT2D eigenvalue weighted by atomic mass is 79.9. The van der Waals surface area contributed by atoms with Crippen LogP contribution in [0.5, 0.6) is 0 Å². The molecular formula is C19H17BrF3NO3S. The molecule has 2 aliphatic heterocycles. The number of sulfonamides is 1. The molecule has 0 aromatic heterocycles. The van der Waals surface area contributed by atoms with Crippen molar-refractivity contribution in [1.29, 1.82) is 0 Å². The number of ether oxygens (including phenoxy) is 1. The van der Waals surface area contributed by atoms with E-state index in [1.54, 1.807) is 36.4 Å². The van der Waals surface area contributed by atoms with Gasteiger partial charge in [-0.3, -0.25) is 4.31 Å². The Balaban J connectivity index is 1.90. The summed E-state index contributed by atoms with van der Waals surface area (Å²) >= 11 is 3.29. The van der Waals surface area contributed by atoms with Gasteiger partial charge in [0, 0.05) is 16.6 Å². The van der Waals surface area contributed by atoms with Crippen LogP contribution in [0.3, 0.4) is 0 Å². The lowest BCUT2D eigenvalue weighted by Gasteiger charge is -2.36. The van der Waals surface area contributed by atoms with Crippen molar-refractivity contribution in [3.63, 3.8) is 0 Å². The molecule has 2 aromatic rings. The van der Waals surface area contributed by atoms with E-state index < -0.39 is 33.6 Å². The Morgan fingerprint density at radius 2 is 1.89 bits per heavy atom. The Hall–Kier alpha value is -1.58. The highest BCUT2D eigenvalue weighted by Crippen LogP contribution is 2.57. The number of benzene rings is 2. The maximum atomic E-state index is 14.2. The number of rotatable bonds is 3. The maximum Gasteiger partial charge on any atom is 0.413 e. The van der Waals surface area contributed by atoms with E-state index in [0.717, 1.165) is 0 Å². The molecule has 28 heavy (non-hydrogen) atoms. The second-order valence-electron chi connectivity index (χ2n) is 6.98. The van der Waals surface area contributed by atoms with Crippen LogP contribution in [0.25, 0.3) is 0 Å². The van der Waals surface area contributed by atoms with E-state index >= 15 is 0 Å². The predicted molar refractivity (Wildman–Crippen MR) is 102 cm³/mol. The number of anilines is 1. The third kappa shape index (κ3) is 3.13. The first-order valence-corrected chi connectivity index (χ1v) is 11.1. The number of fused-ring (bicyclic) bond motifs is 2. The van der Waals surface area contributed by atoms with Crippen molar-refractivity contribution in [1.82, 2.24) is 0 Å². The van der Waals surface area contributed by atoms with Gasteiger partial charge in [0.15, 0.2) is 6.04 Å². The number of nitrogens with zero attached hydrogens (tertiary/aromatic N) is 1. The lowest BCUT2D eigenvalue weighted by atomic mass is 9.86. The van der Waals surface area contributed by atoms with Crippen molar-refractivity contribution in [3.05, 3.63) is 64.1 Å². The Morgan fingerprint density at radius 1 is 1.18 bits per heavy atom. The smallest absolute Gasteiger partial charge is 0.368 e. The van der Waals surface area contributed by atoms with Crippen LogP contribution >= 0.6 is 15.9 Å². The van der Waals surface area contributed by atoms with E-state index in [-0.39, 0.29) is 24.3 Å². The minimum absolute atomic E-state index is 0.0309. The summed E-state index contributed by atoms with van der Waals surface area (Å²) in [5.41, 5.74) is -1.00. The summed E-state index contributed by atoms with van der Waals surface area (Å²) < 4.78 is 75.9. The zero-order valence-electron chi connectivity index (χ0n) is 14.6. The largest absolute Gasteiger partial charge is 0.413 e. The maximum absolute atomic E-state index is 14.2. The number of halogens is 4. The van der Waals surface area contributed by atoms with Crippen LogP contribution in [-0.2, 0) is 26.1 Å². The summed E-state index contributed by atoms with van der Waals surface area (Å²) in [6, 6.07) is 10.4. The minimum atomic E-state index is -4.79. The first kappa shape index (κ1) is 19.7. The molecule has 2 aliphatic rings. The van der Waals surface area contributed by atoms with E-state index in [4.69, 9.17) is 4.74 Å². The van der Waals surface area contributed by atoms with Gasteiger partial charge in [-0.25, -0.2) is 8.42 Å². The molecule has 0 bridgehead atoms. The van der Waals surface area contributed by atoms with Crippen molar-refractivity contribution in [2.45, 2.75) is 36.4 Å². The van der Waals surface area contributed by atoms with Crippen LogP contribution in [-0.4, -0.2) is 27.2 Å². The average Bonchev–Trinajstić information content (AvgIpc) is 3.20. The monoisotopic (exact) mass is 475 g/mol. The molecule has 0 N–H and O–H groups in total. The molecule has 2 unspecified atom stereocenters. The fourth-order valence-electron chi connectivity index (χ4n) is 4.17. The molecule has 0 saturated carbocycles. The number of hydrogen-bond acceptors (Lipinski definition) is 3. The van der Waals surface area contributed by atoms with E-state index in [0.29, 0.717) is 20.8 Å². The Morgan fingerprint density at radius 3 is 2.50 bits per heavy atom. The van der Waals surface area contributed by atoms with Crippen molar-refractivity contribution in [2.24, 2.45) is 0 Å². The number of hydrogen-bond donors (Lipinski definition) is 0. The molecule has 1 spiro atoms. The minimum Gasteiger partial charge on any atom is -0.368 e. The van der Waals surface area contributed by atoms with Gasteiger partial charge in [-0.2, -0.15) is 13.2 Å². The van der Waals surface area contributed by atoms with E-state index in [2.05, 4.69) is 15.9 Å². The second-order valence-corrected chi connectivity index (χ2v) is 9.75. The molecule has 0 amide bonds. The fourth-order valence-corrected chi connectivity index (χ4v) is 6.35. The summed E-state index contributed by atoms with van der Waals surface area (Å²) in [5, 5.41) is 0. The van der Waals surface area contributed by atoms with Crippen molar-refractivity contribution in [2.75, 3.05) is 10.9 Å². The molecule has 9 heteroatoms. The van der Waals surface area contributed by atoms with Gasteiger partial charge < -0.3 is 4.74 Å². The molecule has 4 rings (SSSR count). The van der Waals surface area contributed by atoms with Crippen LogP contribution in [0.2, 0.25) is 0 Å². The molecule has 4 nitrogen and oxygen atoms in total. The van der Waals surface area contributed by atoms with Crippen LogP contribution in [0.15, 0.2) is 53.0 Å². The number of alkyl halides is 3. The molecule has 1 saturated heterocycles. The van der Waals surface area contributed by atoms with Crippen LogP contribution in [0.4, 0.5) is 18.9 Å². The summed E-state index contributed by atoms with van der Waals surface area (Å²) in [6.07, 6.45) is -4.25. The van der Waals surface area contributed by atoms with Gasteiger partial charge in [-0.05, 0) is 36.6 Å². The highest BCUT2D eigenvalue weighted by Gasteiger charge is 2.66. The van der Waals surface area contributed by atoms with Gasteiger partial charge >= 0.3 is 6.18 Å². The average molecular weight is 476 g/mol. The Bertz CT molecular complexity index is 989. The SMILES string of the molecule is O=S(=O)(Cc1ccccc1)N1c2ccc(Br)cc2C2(CCCO2)C1C(F)(F)F. The van der Waals surface area contributed by atoms with Crippen LogP contribution < -0.4 is 4.31 Å². The quantitative estimate of drug-likeness (QED) is 0.644. The van der Waals surface area contributed by atoms with Gasteiger partial charge in [-0.15, -0.1) is 0 Å². The van der Waals surface area contributed by atoms with Gasteiger partial charge in [0.1, 0.15) is 5.60 Å². The molecule has 2 aromatic carbocycles. The van der Waals surface area contributed by atoms with Crippen molar-refractivity contribution in [3.8, 4) is 0 Å². The zero-order chi connectivity index (χ0) is 20.2. The molecule has 1 fully saturated rings. The highest BCUT2D eigenvalue weighted by molar-refractivity contribution is 9.10. The summed E-state index contributed by atoms with van der Waals surface area (Å²) in [7, 11) is -4.32. The fraction of sp³-hybridized carbons (Fsp3) is 0.368. The molecular weight excluding hydrogens is 459 g/mol. The summed E-state index contributed by atoms with van der Waals surface area (Å²) in [4.78, 5) is 0. The van der Waals surface area contributed by atoms with Crippen LogP contribution in [0.1, 0.15) is 24.0 Å². The van der Waals surface area contributed by atoms with Gasteiger partial charge in [-0.1, -0.05) is 46.3 Å². The lowest BCUT2D eigenvalue weighted by molar-refractivity contribution is -0.192. The molecule has 2 heterocycles. The predicted octanol–water partition coefficient (Wildman–Crippen LogP) is 4.74. The van der Waals surface area contributed by atoms with E-state index in [9.17, 15) is 21.6 Å². The van der Waals surface area contributed by atoms with E-state index in [1.165, 1.54) is 12.1 Å². The normalized spacial score (nSPS) is 24.7. The van der Waals surface area contributed by atoms with Crippen molar-refractivity contribution < 1.29 is 26.3 Å². The summed E-state index contributed by atoms with van der Waals surface area (Å²) in [5.74, 6) is -0.522. The molecule has 2 atom stereocenters. The zero-order valence-corrected chi connectivity index (χ0v) is 17.0. The summed E-state index contributed by atoms with van der Waals surface area (Å²) in [6.45, 7) is 0.158. The third-order valence-electron chi connectivity index (χ3n) is 5.18. The Labute approximate surface area is 169 Å². The molecule has 0 radical (unpaired) electrons. The second kappa shape index (κ2) is 6.74. The van der Waals surface area contributed by atoms with Crippen molar-refractivity contribution >= 4 is 31.6 Å².